The Morgan fingerprint density at radius 1 is 0.476 bits per heavy atom. The molecule has 0 unspecified atom stereocenters. The summed E-state index contributed by atoms with van der Waals surface area (Å²) in [6.45, 7) is 9.06. The Bertz CT molecular complexity index is 2090. The van der Waals surface area contributed by atoms with Crippen LogP contribution >= 0.6 is 0 Å². The highest BCUT2D eigenvalue weighted by Crippen LogP contribution is 2.27. The zero-order valence-electron chi connectivity index (χ0n) is 35.9. The van der Waals surface area contributed by atoms with Gasteiger partial charge in [-0.3, -0.25) is 0 Å². The molecule has 0 saturated heterocycles. The second kappa shape index (κ2) is 28.6. The maximum Gasteiger partial charge on any atom is 0.343 e. The molecule has 0 atom stereocenters. The fourth-order valence-corrected chi connectivity index (χ4v) is 6.13. The van der Waals surface area contributed by atoms with Crippen LogP contribution in [0.1, 0.15) is 103 Å². The first-order chi connectivity index (χ1) is 30.8. The number of hydrogen-bond donors (Lipinski definition) is 0. The van der Waals surface area contributed by atoms with E-state index < -0.39 is 23.9 Å². The second-order valence-electron chi connectivity index (χ2n) is 14.5. The Balaban J connectivity index is 1.22. The molecule has 0 fully saturated rings. The van der Waals surface area contributed by atoms with Gasteiger partial charge in [0.25, 0.3) is 0 Å². The van der Waals surface area contributed by atoms with Crippen LogP contribution in [-0.4, -0.2) is 63.5 Å². The fourth-order valence-electron chi connectivity index (χ4n) is 6.13. The number of esters is 4. The summed E-state index contributed by atoms with van der Waals surface area (Å²) in [5.41, 5.74) is 3.17. The highest BCUT2D eigenvalue weighted by atomic mass is 16.5. The number of rotatable bonds is 30. The topological polar surface area (TPSA) is 157 Å². The summed E-state index contributed by atoms with van der Waals surface area (Å²) < 4.78 is 39.0. The van der Waals surface area contributed by atoms with Crippen LogP contribution in [0.2, 0.25) is 0 Å². The van der Waals surface area contributed by atoms with Gasteiger partial charge in [0.15, 0.2) is 0 Å². The van der Waals surface area contributed by atoms with E-state index in [-0.39, 0.29) is 17.9 Å². The van der Waals surface area contributed by atoms with Gasteiger partial charge < -0.3 is 33.2 Å². The number of unbranched alkanes of at least 4 members (excludes halogenated alkanes) is 9. The molecule has 12 heteroatoms. The Hall–Kier alpha value is -6.87. The summed E-state index contributed by atoms with van der Waals surface area (Å²) in [5, 5.41) is 9.03. The molecule has 0 amide bonds. The molecule has 0 aliphatic rings. The maximum absolute atomic E-state index is 13.3. The molecule has 63 heavy (non-hydrogen) atoms. The summed E-state index contributed by atoms with van der Waals surface area (Å²) in [6.07, 6.45) is 12.0. The third-order valence-corrected chi connectivity index (χ3v) is 9.64. The van der Waals surface area contributed by atoms with Crippen LogP contribution in [0.25, 0.3) is 11.1 Å². The molecule has 0 bridgehead atoms. The van der Waals surface area contributed by atoms with Gasteiger partial charge in [-0.25, -0.2) is 19.2 Å². The van der Waals surface area contributed by atoms with Crippen LogP contribution in [0.5, 0.6) is 23.0 Å². The number of ether oxygens (including phenoxy) is 7. The van der Waals surface area contributed by atoms with Crippen LogP contribution < -0.4 is 18.9 Å². The molecule has 0 saturated carbocycles. The number of carbonyl (C=O) groups excluding carboxylic acids is 4. The zero-order chi connectivity index (χ0) is 44.9. The van der Waals surface area contributed by atoms with Crippen molar-refractivity contribution < 1.29 is 52.3 Å². The standard InChI is InChI=1S/C51H57NO11/c1-3-48(53)60-34-14-8-6-12-32-58-44-27-23-42(24-28-44)50(55)63-45-29-30-47(46(37-45)51(56)62-36-16-10-9-15-35-61-49(54)4-2)59-33-13-7-5-11-31-57-43-25-21-41(22-26-43)40-19-17-39(38-52)18-20-40/h3-4,17-30,37H,1-2,5-16,31-36H2. The summed E-state index contributed by atoms with van der Waals surface area (Å²) in [4.78, 5) is 48.7. The van der Waals surface area contributed by atoms with Crippen molar-refractivity contribution in [2.45, 2.75) is 77.0 Å². The van der Waals surface area contributed by atoms with Gasteiger partial charge in [0.05, 0.1) is 56.8 Å². The molecule has 4 aromatic rings. The van der Waals surface area contributed by atoms with E-state index in [1.807, 2.05) is 36.4 Å². The number of hydrogen-bond acceptors (Lipinski definition) is 12. The van der Waals surface area contributed by atoms with Crippen molar-refractivity contribution in [3.05, 3.63) is 133 Å². The molecule has 332 valence electrons. The van der Waals surface area contributed by atoms with Gasteiger partial charge in [-0.1, -0.05) is 37.4 Å². The SMILES string of the molecule is C=CC(=O)OCCCCCCOC(=O)c1cc(OC(=O)c2ccc(OCCCCCCOC(=O)C=C)cc2)ccc1OCCCCCCOc1ccc(-c2ccc(C#N)cc2)cc1. The lowest BCUT2D eigenvalue weighted by Crippen LogP contribution is -2.12. The molecule has 4 aromatic carbocycles. The molecule has 0 heterocycles. The van der Waals surface area contributed by atoms with Gasteiger partial charge in [0, 0.05) is 12.2 Å². The van der Waals surface area contributed by atoms with Crippen LogP contribution in [0.15, 0.2) is 116 Å². The first kappa shape index (κ1) is 48.8. The smallest absolute Gasteiger partial charge is 0.343 e. The number of nitrogens with zero attached hydrogens (tertiary/aromatic N) is 1. The molecule has 0 aliphatic heterocycles. The van der Waals surface area contributed by atoms with E-state index in [1.165, 1.54) is 6.07 Å². The van der Waals surface area contributed by atoms with Gasteiger partial charge in [-0.2, -0.15) is 5.26 Å². The number of nitriles is 1. The monoisotopic (exact) mass is 859 g/mol. The average Bonchev–Trinajstić information content (AvgIpc) is 3.31. The lowest BCUT2D eigenvalue weighted by molar-refractivity contribution is -0.138. The van der Waals surface area contributed by atoms with E-state index in [2.05, 4.69) is 19.2 Å². The zero-order valence-corrected chi connectivity index (χ0v) is 35.9. The average molecular weight is 860 g/mol. The van der Waals surface area contributed by atoms with Gasteiger partial charge >= 0.3 is 23.9 Å². The van der Waals surface area contributed by atoms with Crippen molar-refractivity contribution in [1.29, 1.82) is 5.26 Å². The summed E-state index contributed by atoms with van der Waals surface area (Å²) >= 11 is 0. The van der Waals surface area contributed by atoms with E-state index >= 15 is 0 Å². The second-order valence-corrected chi connectivity index (χ2v) is 14.5. The van der Waals surface area contributed by atoms with E-state index in [1.54, 1.807) is 48.5 Å². The first-order valence-electron chi connectivity index (χ1n) is 21.5. The lowest BCUT2D eigenvalue weighted by Gasteiger charge is -2.14. The molecule has 12 nitrogen and oxygen atoms in total. The minimum Gasteiger partial charge on any atom is -0.494 e. The fraction of sp³-hybridized carbons (Fsp3) is 0.353. The highest BCUT2D eigenvalue weighted by molar-refractivity contribution is 5.94. The number of benzene rings is 4. The molecule has 0 N–H and O–H groups in total. The first-order valence-corrected chi connectivity index (χ1v) is 21.5. The molecule has 0 aliphatic carbocycles. The van der Waals surface area contributed by atoms with Gasteiger partial charge in [0.2, 0.25) is 0 Å². The largest absolute Gasteiger partial charge is 0.494 e. The Labute approximate surface area is 370 Å². The van der Waals surface area contributed by atoms with Crippen LogP contribution in [-0.2, 0) is 23.8 Å². The summed E-state index contributed by atoms with van der Waals surface area (Å²) in [7, 11) is 0. The lowest BCUT2D eigenvalue weighted by atomic mass is 10.0. The van der Waals surface area contributed by atoms with Crippen molar-refractivity contribution in [3.8, 4) is 40.2 Å². The van der Waals surface area contributed by atoms with Crippen molar-refractivity contribution in [2.24, 2.45) is 0 Å². The van der Waals surface area contributed by atoms with Crippen molar-refractivity contribution >= 4 is 23.9 Å². The normalized spacial score (nSPS) is 10.5. The minimum atomic E-state index is -0.602. The van der Waals surface area contributed by atoms with Crippen LogP contribution in [0.4, 0.5) is 0 Å². The number of carbonyl (C=O) groups is 4. The predicted molar refractivity (Wildman–Crippen MR) is 239 cm³/mol. The van der Waals surface area contributed by atoms with E-state index in [0.29, 0.717) is 68.5 Å². The summed E-state index contributed by atoms with van der Waals surface area (Å²) in [5.74, 6) is -0.166. The maximum atomic E-state index is 13.3. The summed E-state index contributed by atoms with van der Waals surface area (Å²) in [6, 6.07) is 28.8. The predicted octanol–water partition coefficient (Wildman–Crippen LogP) is 10.6. The Morgan fingerprint density at radius 3 is 1.40 bits per heavy atom. The van der Waals surface area contributed by atoms with E-state index in [0.717, 1.165) is 93.2 Å². The van der Waals surface area contributed by atoms with Crippen molar-refractivity contribution in [1.82, 2.24) is 0 Å². The third-order valence-electron chi connectivity index (χ3n) is 9.64. The van der Waals surface area contributed by atoms with Crippen molar-refractivity contribution in [3.63, 3.8) is 0 Å². The molecular formula is C51H57NO11. The van der Waals surface area contributed by atoms with E-state index in [4.69, 9.17) is 38.4 Å². The van der Waals surface area contributed by atoms with Gasteiger partial charge in [-0.05, 0) is 155 Å². The van der Waals surface area contributed by atoms with Crippen LogP contribution in [0, 0.1) is 11.3 Å². The van der Waals surface area contributed by atoms with E-state index in [9.17, 15) is 19.2 Å². The molecule has 0 spiro atoms. The highest BCUT2D eigenvalue weighted by Gasteiger charge is 2.18. The van der Waals surface area contributed by atoms with Gasteiger partial charge in [0.1, 0.15) is 28.6 Å². The van der Waals surface area contributed by atoms with Gasteiger partial charge in [-0.15, -0.1) is 0 Å². The molecule has 0 radical (unpaired) electrons. The third kappa shape index (κ3) is 18.7. The van der Waals surface area contributed by atoms with Crippen LogP contribution in [0.3, 0.4) is 0 Å². The molecule has 0 aromatic heterocycles. The Kier molecular flexibility index (Phi) is 22.2. The molecular weight excluding hydrogens is 803 g/mol. The van der Waals surface area contributed by atoms with Crippen molar-refractivity contribution in [2.75, 3.05) is 39.6 Å². The molecule has 4 rings (SSSR count). The quantitative estimate of drug-likeness (QED) is 0.0161. The Morgan fingerprint density at radius 2 is 0.905 bits per heavy atom. The minimum absolute atomic E-state index is 0.150.